The highest BCUT2D eigenvalue weighted by Crippen LogP contribution is 2.38. The molecule has 8 heteroatoms. The fourth-order valence-electron chi connectivity index (χ4n) is 3.76. The number of hydrogen-bond acceptors (Lipinski definition) is 5. The molecule has 0 saturated heterocycles. The fourth-order valence-corrected chi connectivity index (χ4v) is 4.11. The summed E-state index contributed by atoms with van der Waals surface area (Å²) >= 11 is 5.70. The molecule has 6 nitrogen and oxygen atoms in total. The first-order valence-electron chi connectivity index (χ1n) is 10.5. The molecule has 1 aliphatic heterocycles. The SMILES string of the molecule is CCCCN1C(=S)NC(c2cccc(OC)c2)C(c2nc(-c3ccc(F)cc3)no2)=C1C. The maximum Gasteiger partial charge on any atom is 0.258 e. The van der Waals surface area contributed by atoms with E-state index in [9.17, 15) is 4.39 Å². The monoisotopic (exact) mass is 452 g/mol. The molecule has 32 heavy (non-hydrogen) atoms. The van der Waals surface area contributed by atoms with Gasteiger partial charge in [-0.25, -0.2) is 4.39 Å². The van der Waals surface area contributed by atoms with Crippen molar-refractivity contribution in [2.24, 2.45) is 0 Å². The van der Waals surface area contributed by atoms with Crippen LogP contribution in [0, 0.1) is 5.82 Å². The second-order valence-electron chi connectivity index (χ2n) is 7.59. The van der Waals surface area contributed by atoms with Gasteiger partial charge in [-0.15, -0.1) is 0 Å². The van der Waals surface area contributed by atoms with Gasteiger partial charge in [-0.2, -0.15) is 4.98 Å². The second kappa shape index (κ2) is 9.48. The average molecular weight is 453 g/mol. The number of ether oxygens (including phenoxy) is 1. The van der Waals surface area contributed by atoms with Crippen LogP contribution in [-0.2, 0) is 0 Å². The zero-order valence-electron chi connectivity index (χ0n) is 18.3. The van der Waals surface area contributed by atoms with E-state index in [1.165, 1.54) is 12.1 Å². The number of nitrogens with one attached hydrogen (secondary N) is 1. The molecule has 1 N–H and O–H groups in total. The molecule has 0 amide bonds. The molecule has 1 unspecified atom stereocenters. The summed E-state index contributed by atoms with van der Waals surface area (Å²) in [4.78, 5) is 6.72. The number of methoxy groups -OCH3 is 1. The van der Waals surface area contributed by atoms with Crippen LogP contribution in [0.5, 0.6) is 5.75 Å². The van der Waals surface area contributed by atoms with Gasteiger partial charge in [0.1, 0.15) is 11.6 Å². The Bertz CT molecular complexity index is 1140. The van der Waals surface area contributed by atoms with Crippen LogP contribution in [0.2, 0.25) is 0 Å². The highest BCUT2D eigenvalue weighted by atomic mass is 32.1. The third kappa shape index (κ3) is 4.36. The van der Waals surface area contributed by atoms with E-state index in [0.717, 1.165) is 42.0 Å². The quantitative estimate of drug-likeness (QED) is 0.485. The lowest BCUT2D eigenvalue weighted by Gasteiger charge is -2.37. The van der Waals surface area contributed by atoms with Gasteiger partial charge in [0, 0.05) is 17.8 Å². The van der Waals surface area contributed by atoms with Crippen LogP contribution < -0.4 is 10.1 Å². The lowest BCUT2D eigenvalue weighted by atomic mass is 9.94. The van der Waals surface area contributed by atoms with Crippen molar-refractivity contribution in [2.45, 2.75) is 32.7 Å². The van der Waals surface area contributed by atoms with Crippen LogP contribution in [0.15, 0.2) is 58.8 Å². The predicted octanol–water partition coefficient (Wildman–Crippen LogP) is 5.35. The van der Waals surface area contributed by atoms with E-state index in [1.54, 1.807) is 19.2 Å². The van der Waals surface area contributed by atoms with Crippen molar-refractivity contribution in [1.29, 1.82) is 0 Å². The van der Waals surface area contributed by atoms with Crippen molar-refractivity contribution in [3.05, 3.63) is 71.5 Å². The minimum absolute atomic E-state index is 0.281. The Morgan fingerprint density at radius 3 is 2.72 bits per heavy atom. The molecule has 2 aromatic carbocycles. The van der Waals surface area contributed by atoms with E-state index in [0.29, 0.717) is 22.4 Å². The van der Waals surface area contributed by atoms with Gasteiger partial charge in [0.15, 0.2) is 5.11 Å². The fraction of sp³-hybridized carbons (Fsp3) is 0.292. The molecule has 0 spiro atoms. The number of benzene rings is 2. The second-order valence-corrected chi connectivity index (χ2v) is 7.98. The van der Waals surface area contributed by atoms with Crippen LogP contribution in [0.25, 0.3) is 17.0 Å². The van der Waals surface area contributed by atoms with Gasteiger partial charge in [0.2, 0.25) is 5.82 Å². The standard InChI is InChI=1S/C24H25FN4O2S/c1-4-5-13-29-15(2)20(21(26-24(29)32)17-7-6-8-19(14-17)30-3)23-27-22(28-31-23)16-9-11-18(25)12-10-16/h6-12,14,21H,4-5,13H2,1-3H3,(H,26,32). The van der Waals surface area contributed by atoms with E-state index in [1.807, 2.05) is 31.2 Å². The number of thiocarbonyl (C=S) groups is 1. The normalized spacial score (nSPS) is 16.3. The van der Waals surface area contributed by atoms with Gasteiger partial charge in [0.05, 0.1) is 18.7 Å². The number of unbranched alkanes of at least 4 members (excludes halogenated alkanes) is 1. The molecule has 1 aliphatic rings. The summed E-state index contributed by atoms with van der Waals surface area (Å²) < 4.78 is 24.4. The van der Waals surface area contributed by atoms with E-state index in [-0.39, 0.29) is 11.9 Å². The molecule has 166 valence electrons. The van der Waals surface area contributed by atoms with Crippen molar-refractivity contribution in [3.8, 4) is 17.1 Å². The maximum atomic E-state index is 13.3. The molecular formula is C24H25FN4O2S. The van der Waals surface area contributed by atoms with Crippen molar-refractivity contribution in [2.75, 3.05) is 13.7 Å². The van der Waals surface area contributed by atoms with Crippen LogP contribution in [0.3, 0.4) is 0 Å². The van der Waals surface area contributed by atoms with Crippen LogP contribution >= 0.6 is 12.2 Å². The average Bonchev–Trinajstić information content (AvgIpc) is 3.28. The minimum Gasteiger partial charge on any atom is -0.497 e. The van der Waals surface area contributed by atoms with E-state index < -0.39 is 0 Å². The maximum absolute atomic E-state index is 13.3. The zero-order valence-corrected chi connectivity index (χ0v) is 19.1. The molecule has 0 fully saturated rings. The summed E-state index contributed by atoms with van der Waals surface area (Å²) in [5, 5.41) is 8.25. The summed E-state index contributed by atoms with van der Waals surface area (Å²) in [6, 6.07) is 13.5. The first-order chi connectivity index (χ1) is 15.5. The van der Waals surface area contributed by atoms with Crippen molar-refractivity contribution in [3.63, 3.8) is 0 Å². The molecule has 4 rings (SSSR count). The highest BCUT2D eigenvalue weighted by Gasteiger charge is 2.34. The number of rotatable bonds is 7. The number of aromatic nitrogens is 2. The number of halogens is 1. The zero-order chi connectivity index (χ0) is 22.7. The summed E-state index contributed by atoms with van der Waals surface area (Å²) in [7, 11) is 1.64. The van der Waals surface area contributed by atoms with Gasteiger partial charge in [-0.3, -0.25) is 0 Å². The molecular weight excluding hydrogens is 427 g/mol. The van der Waals surface area contributed by atoms with Gasteiger partial charge >= 0.3 is 0 Å². The van der Waals surface area contributed by atoms with Gasteiger partial charge in [-0.05, 0) is 67.5 Å². The Balaban J connectivity index is 1.80. The van der Waals surface area contributed by atoms with Crippen molar-refractivity contribution in [1.82, 2.24) is 20.4 Å². The third-order valence-corrected chi connectivity index (χ3v) is 5.86. The molecule has 0 bridgehead atoms. The molecule has 1 atom stereocenters. The Morgan fingerprint density at radius 2 is 2.00 bits per heavy atom. The topological polar surface area (TPSA) is 63.4 Å². The van der Waals surface area contributed by atoms with Gasteiger partial charge in [-0.1, -0.05) is 30.6 Å². The summed E-state index contributed by atoms with van der Waals surface area (Å²) in [5.41, 5.74) is 3.46. The smallest absolute Gasteiger partial charge is 0.258 e. The lowest BCUT2D eigenvalue weighted by molar-refractivity contribution is 0.395. The third-order valence-electron chi connectivity index (χ3n) is 5.52. The van der Waals surface area contributed by atoms with Crippen LogP contribution in [0.1, 0.15) is 44.2 Å². The van der Waals surface area contributed by atoms with Gasteiger partial charge < -0.3 is 19.5 Å². The molecule has 3 aromatic rings. The molecule has 0 saturated carbocycles. The summed E-state index contributed by atoms with van der Waals surface area (Å²) in [5.74, 6) is 1.23. The largest absolute Gasteiger partial charge is 0.497 e. The Kier molecular flexibility index (Phi) is 6.50. The predicted molar refractivity (Wildman–Crippen MR) is 125 cm³/mol. The Hall–Kier alpha value is -3.26. The molecule has 0 radical (unpaired) electrons. The summed E-state index contributed by atoms with van der Waals surface area (Å²) in [6.07, 6.45) is 2.05. The molecule has 2 heterocycles. The molecule has 1 aromatic heterocycles. The Labute approximate surface area is 192 Å². The molecule has 0 aliphatic carbocycles. The lowest BCUT2D eigenvalue weighted by Crippen LogP contribution is -2.46. The first-order valence-corrected chi connectivity index (χ1v) is 11.0. The van der Waals surface area contributed by atoms with E-state index >= 15 is 0 Å². The van der Waals surface area contributed by atoms with Crippen molar-refractivity contribution >= 4 is 22.9 Å². The van der Waals surface area contributed by atoms with Crippen LogP contribution in [0.4, 0.5) is 4.39 Å². The highest BCUT2D eigenvalue weighted by molar-refractivity contribution is 7.80. The number of nitrogens with zero attached hydrogens (tertiary/aromatic N) is 3. The Morgan fingerprint density at radius 1 is 1.22 bits per heavy atom. The first kappa shape index (κ1) is 22.0. The van der Waals surface area contributed by atoms with Crippen molar-refractivity contribution < 1.29 is 13.7 Å². The van der Waals surface area contributed by atoms with Gasteiger partial charge in [0.25, 0.3) is 5.89 Å². The number of hydrogen-bond donors (Lipinski definition) is 1. The summed E-state index contributed by atoms with van der Waals surface area (Å²) in [6.45, 7) is 4.96. The van der Waals surface area contributed by atoms with Crippen LogP contribution in [-0.4, -0.2) is 33.8 Å². The minimum atomic E-state index is -0.314. The number of allylic oxidation sites excluding steroid dienone is 1. The van der Waals surface area contributed by atoms with E-state index in [2.05, 4.69) is 27.3 Å². The van der Waals surface area contributed by atoms with E-state index in [4.69, 9.17) is 21.5 Å².